The molecule has 6 nitrogen and oxygen atoms in total. The molecule has 0 radical (unpaired) electrons. The normalized spacial score (nSPS) is 22.6. The summed E-state index contributed by atoms with van der Waals surface area (Å²) < 4.78 is 5.33. The molecule has 1 unspecified atom stereocenters. The maximum absolute atomic E-state index is 10.5. The number of nitrogens with zero attached hydrogens (tertiary/aromatic N) is 2. The summed E-state index contributed by atoms with van der Waals surface area (Å²) in [6.07, 6.45) is 2.64. The molecule has 0 aromatic heterocycles. The van der Waals surface area contributed by atoms with E-state index in [1.807, 2.05) is 6.92 Å². The highest BCUT2D eigenvalue weighted by molar-refractivity contribution is 14.0. The van der Waals surface area contributed by atoms with Crippen LogP contribution in [0.4, 0.5) is 0 Å². The molecular weight excluding hydrogens is 395 g/mol. The van der Waals surface area contributed by atoms with E-state index in [-0.39, 0.29) is 24.0 Å². The van der Waals surface area contributed by atoms with E-state index in [1.165, 1.54) is 12.8 Å². The van der Waals surface area contributed by atoms with Crippen molar-refractivity contribution < 1.29 is 9.84 Å². The molecule has 0 amide bonds. The highest BCUT2D eigenvalue weighted by atomic mass is 127. The Morgan fingerprint density at radius 3 is 2.59 bits per heavy atom. The number of hydrogen-bond donors (Lipinski definition) is 3. The Kier molecular flexibility index (Phi) is 8.96. The Labute approximate surface area is 151 Å². The fraction of sp³-hybridized carbons (Fsp3) is 0.933. The fourth-order valence-electron chi connectivity index (χ4n) is 2.45. The summed E-state index contributed by atoms with van der Waals surface area (Å²) in [7, 11) is 0. The molecule has 1 heterocycles. The van der Waals surface area contributed by atoms with Crippen molar-refractivity contribution in [1.29, 1.82) is 0 Å². The van der Waals surface area contributed by atoms with E-state index in [1.54, 1.807) is 0 Å². The fourth-order valence-corrected chi connectivity index (χ4v) is 2.45. The zero-order valence-electron chi connectivity index (χ0n) is 13.8. The predicted molar refractivity (Wildman–Crippen MR) is 100 cm³/mol. The van der Waals surface area contributed by atoms with Crippen LogP contribution in [0.1, 0.15) is 26.7 Å². The average molecular weight is 426 g/mol. The minimum Gasteiger partial charge on any atom is -0.387 e. The van der Waals surface area contributed by atoms with Crippen LogP contribution in [0.25, 0.3) is 0 Å². The molecule has 1 atom stereocenters. The van der Waals surface area contributed by atoms with Gasteiger partial charge in [0.15, 0.2) is 5.96 Å². The van der Waals surface area contributed by atoms with E-state index in [4.69, 9.17) is 4.74 Å². The standard InChI is InChI=1S/C15H30N4O2.HI/c1-3-16-14(17-10-13-4-5-13)18-11-15(2,20)12-19-6-8-21-9-7-19;/h13,20H,3-12H2,1-2H3,(H2,16,17,18);1H. The van der Waals surface area contributed by atoms with Crippen LogP contribution in [0.15, 0.2) is 4.99 Å². The van der Waals surface area contributed by atoms with Crippen LogP contribution in [-0.2, 0) is 4.74 Å². The Hall–Kier alpha value is -0.120. The molecule has 0 aromatic rings. The molecule has 1 aliphatic carbocycles. The summed E-state index contributed by atoms with van der Waals surface area (Å²) in [5.41, 5.74) is -0.806. The number of halogens is 1. The zero-order chi connectivity index (χ0) is 15.1. The summed E-state index contributed by atoms with van der Waals surface area (Å²) in [5.74, 6) is 1.62. The lowest BCUT2D eigenvalue weighted by Gasteiger charge is -2.33. The predicted octanol–water partition coefficient (Wildman–Crippen LogP) is 0.653. The molecule has 0 spiro atoms. The summed E-state index contributed by atoms with van der Waals surface area (Å²) in [4.78, 5) is 6.78. The zero-order valence-corrected chi connectivity index (χ0v) is 16.1. The van der Waals surface area contributed by atoms with Gasteiger partial charge in [-0.15, -0.1) is 24.0 Å². The van der Waals surface area contributed by atoms with Gasteiger partial charge in [0.05, 0.1) is 25.4 Å². The first kappa shape index (κ1) is 19.9. The first-order chi connectivity index (χ1) is 10.1. The van der Waals surface area contributed by atoms with E-state index >= 15 is 0 Å². The Morgan fingerprint density at radius 2 is 2.00 bits per heavy atom. The van der Waals surface area contributed by atoms with Gasteiger partial charge in [0, 0.05) is 32.7 Å². The molecule has 7 heteroatoms. The largest absolute Gasteiger partial charge is 0.387 e. The van der Waals surface area contributed by atoms with Crippen LogP contribution in [0, 0.1) is 5.92 Å². The number of guanidine groups is 1. The van der Waals surface area contributed by atoms with Gasteiger partial charge in [0.1, 0.15) is 0 Å². The van der Waals surface area contributed by atoms with E-state index in [0.717, 1.165) is 51.3 Å². The molecule has 2 fully saturated rings. The number of hydrogen-bond acceptors (Lipinski definition) is 4. The van der Waals surface area contributed by atoms with Crippen molar-refractivity contribution >= 4 is 29.9 Å². The van der Waals surface area contributed by atoms with Crippen molar-refractivity contribution in [3.63, 3.8) is 0 Å². The second-order valence-electron chi connectivity index (χ2n) is 6.40. The third-order valence-corrected chi connectivity index (χ3v) is 3.85. The maximum Gasteiger partial charge on any atom is 0.191 e. The molecule has 0 aromatic carbocycles. The first-order valence-electron chi connectivity index (χ1n) is 8.14. The third-order valence-electron chi connectivity index (χ3n) is 3.85. The summed E-state index contributed by atoms with van der Waals surface area (Å²) in [6.45, 7) is 10.1. The van der Waals surface area contributed by atoms with Crippen molar-refractivity contribution in [2.45, 2.75) is 32.3 Å². The summed E-state index contributed by atoms with van der Waals surface area (Å²) in [5, 5.41) is 17.1. The van der Waals surface area contributed by atoms with Crippen LogP contribution in [0.2, 0.25) is 0 Å². The molecule has 1 saturated carbocycles. The number of nitrogens with one attached hydrogen (secondary N) is 2. The van der Waals surface area contributed by atoms with E-state index in [9.17, 15) is 5.11 Å². The van der Waals surface area contributed by atoms with E-state index in [2.05, 4.69) is 27.4 Å². The third kappa shape index (κ3) is 7.94. The number of rotatable bonds is 7. The second-order valence-corrected chi connectivity index (χ2v) is 6.40. The molecule has 3 N–H and O–H groups in total. The van der Waals surface area contributed by atoms with Gasteiger partial charge in [-0.05, 0) is 32.6 Å². The van der Waals surface area contributed by atoms with Gasteiger partial charge in [0.25, 0.3) is 0 Å². The van der Waals surface area contributed by atoms with Crippen molar-refractivity contribution in [2.24, 2.45) is 10.9 Å². The summed E-state index contributed by atoms with van der Waals surface area (Å²) >= 11 is 0. The Morgan fingerprint density at radius 1 is 1.32 bits per heavy atom. The highest BCUT2D eigenvalue weighted by Gasteiger charge is 2.25. The monoisotopic (exact) mass is 426 g/mol. The van der Waals surface area contributed by atoms with Crippen LogP contribution < -0.4 is 10.6 Å². The second kappa shape index (κ2) is 9.89. The quantitative estimate of drug-likeness (QED) is 0.317. The van der Waals surface area contributed by atoms with Crippen LogP contribution in [0.5, 0.6) is 0 Å². The smallest absolute Gasteiger partial charge is 0.191 e. The Balaban J connectivity index is 0.00000242. The van der Waals surface area contributed by atoms with Crippen LogP contribution in [-0.4, -0.2) is 74.0 Å². The number of ether oxygens (including phenoxy) is 1. The van der Waals surface area contributed by atoms with Crippen LogP contribution in [0.3, 0.4) is 0 Å². The van der Waals surface area contributed by atoms with Crippen molar-refractivity contribution in [2.75, 3.05) is 52.5 Å². The lowest BCUT2D eigenvalue weighted by molar-refractivity contribution is -0.0179. The average Bonchev–Trinajstić information content (AvgIpc) is 3.27. The number of aliphatic hydroxyl groups is 1. The van der Waals surface area contributed by atoms with Gasteiger partial charge in [-0.1, -0.05) is 0 Å². The molecule has 2 aliphatic rings. The first-order valence-corrected chi connectivity index (χ1v) is 8.14. The highest BCUT2D eigenvalue weighted by Crippen LogP contribution is 2.27. The topological polar surface area (TPSA) is 69.1 Å². The number of morpholine rings is 1. The minimum absolute atomic E-state index is 0. The van der Waals surface area contributed by atoms with Crippen molar-refractivity contribution in [3.05, 3.63) is 0 Å². The van der Waals surface area contributed by atoms with Gasteiger partial charge < -0.3 is 20.5 Å². The summed E-state index contributed by atoms with van der Waals surface area (Å²) in [6, 6.07) is 0. The van der Waals surface area contributed by atoms with E-state index in [0.29, 0.717) is 13.1 Å². The molecule has 22 heavy (non-hydrogen) atoms. The van der Waals surface area contributed by atoms with Crippen molar-refractivity contribution in [1.82, 2.24) is 15.5 Å². The SMILES string of the molecule is CCNC(=NCC(C)(O)CN1CCOCC1)NCC1CC1.I. The molecule has 2 rings (SSSR count). The molecule has 1 aliphatic heterocycles. The molecular formula is C15H31IN4O2. The van der Waals surface area contributed by atoms with Gasteiger partial charge in [0.2, 0.25) is 0 Å². The molecule has 130 valence electrons. The molecule has 0 bridgehead atoms. The Bertz CT molecular complexity index is 342. The van der Waals surface area contributed by atoms with Crippen LogP contribution >= 0.6 is 24.0 Å². The minimum atomic E-state index is -0.806. The number of aliphatic imine (C=N–C) groups is 1. The van der Waals surface area contributed by atoms with Gasteiger partial charge in [-0.25, -0.2) is 0 Å². The van der Waals surface area contributed by atoms with Gasteiger partial charge >= 0.3 is 0 Å². The van der Waals surface area contributed by atoms with Gasteiger partial charge in [-0.2, -0.15) is 0 Å². The molecule has 1 saturated heterocycles. The van der Waals surface area contributed by atoms with Gasteiger partial charge in [-0.3, -0.25) is 9.89 Å². The van der Waals surface area contributed by atoms with Crippen molar-refractivity contribution in [3.8, 4) is 0 Å². The lowest BCUT2D eigenvalue weighted by Crippen LogP contribution is -2.48. The number of β-amino-alcohol motifs (C(OH)–C–C–N with tert-alkyl or cyclic N) is 1. The lowest BCUT2D eigenvalue weighted by atomic mass is 10.1. The maximum atomic E-state index is 10.5. The van der Waals surface area contributed by atoms with E-state index < -0.39 is 5.60 Å².